The lowest BCUT2D eigenvalue weighted by molar-refractivity contribution is -0.119. The topological polar surface area (TPSA) is 93.5 Å². The molecule has 5 N–H and O–H groups in total. The van der Waals surface area contributed by atoms with Gasteiger partial charge >= 0.3 is 0 Å². The number of hydrogen-bond donors (Lipinski definition) is 3. The maximum atomic E-state index is 10.7. The van der Waals surface area contributed by atoms with Crippen molar-refractivity contribution in [1.82, 2.24) is 5.32 Å². The largest absolute Gasteiger partial charge is 0.370 e. The van der Waals surface area contributed by atoms with Crippen LogP contribution < -0.4 is 16.8 Å². The summed E-state index contributed by atoms with van der Waals surface area (Å²) in [7, 11) is 0. The molecule has 0 unspecified atom stereocenters. The molecule has 0 aliphatic rings. The third-order valence-corrected chi connectivity index (χ3v) is 1.48. The lowest BCUT2D eigenvalue weighted by Gasteiger charge is -2.25. The van der Waals surface area contributed by atoms with Gasteiger partial charge in [-0.15, -0.1) is 0 Å². The Labute approximate surface area is 84.9 Å². The zero-order valence-corrected chi connectivity index (χ0v) is 9.29. The van der Waals surface area contributed by atoms with Crippen molar-refractivity contribution < 1.29 is 4.79 Å². The molecule has 82 valence electrons. The quantitative estimate of drug-likeness (QED) is 0.439. The first-order valence-corrected chi connectivity index (χ1v) is 4.63. The van der Waals surface area contributed by atoms with Crippen LogP contribution in [0.1, 0.15) is 34.1 Å². The molecule has 5 nitrogen and oxygen atoms in total. The average Bonchev–Trinajstić information content (AvgIpc) is 1.77. The van der Waals surface area contributed by atoms with Crippen LogP contribution in [0, 0.1) is 0 Å². The first kappa shape index (κ1) is 12.7. The lowest BCUT2D eigenvalue weighted by atomic mass is 10.0. The van der Waals surface area contributed by atoms with Gasteiger partial charge in [-0.3, -0.25) is 9.79 Å². The van der Waals surface area contributed by atoms with Crippen LogP contribution in [0.25, 0.3) is 0 Å². The monoisotopic (exact) mass is 200 g/mol. The van der Waals surface area contributed by atoms with E-state index in [9.17, 15) is 4.79 Å². The molecule has 0 heterocycles. The summed E-state index contributed by atoms with van der Waals surface area (Å²) >= 11 is 0. The number of nitrogens with one attached hydrogen (secondary N) is 1. The predicted octanol–water partition coefficient (Wildman–Crippen LogP) is -0.0469. The second-order valence-corrected chi connectivity index (χ2v) is 4.26. The Morgan fingerprint density at radius 3 is 2.29 bits per heavy atom. The van der Waals surface area contributed by atoms with Crippen LogP contribution in [-0.2, 0) is 4.79 Å². The summed E-state index contributed by atoms with van der Waals surface area (Å²) in [4.78, 5) is 14.8. The number of guanidine groups is 1. The number of nitrogens with zero attached hydrogens (tertiary/aromatic N) is 1. The molecule has 0 rings (SSSR count). The van der Waals surface area contributed by atoms with E-state index in [1.54, 1.807) is 0 Å². The molecule has 0 fully saturated rings. The summed E-state index contributed by atoms with van der Waals surface area (Å²) in [6.07, 6.45) is 0.224. The zero-order valence-electron chi connectivity index (χ0n) is 9.29. The van der Waals surface area contributed by atoms with Crippen molar-refractivity contribution >= 4 is 11.9 Å². The summed E-state index contributed by atoms with van der Waals surface area (Å²) < 4.78 is 0. The summed E-state index contributed by atoms with van der Waals surface area (Å²) in [6, 6.07) is 0.131. The smallest absolute Gasteiger partial charge is 0.219 e. The van der Waals surface area contributed by atoms with Crippen LogP contribution in [-0.4, -0.2) is 23.4 Å². The molecule has 0 saturated heterocycles. The fourth-order valence-electron chi connectivity index (χ4n) is 1.14. The Hall–Kier alpha value is -1.26. The van der Waals surface area contributed by atoms with Gasteiger partial charge in [-0.1, -0.05) is 0 Å². The standard InChI is InChI=1S/C9H20N4O/c1-6(2)12-8(11)13-9(3,4)5-7(10)14/h6H,5H2,1-4H3,(H2,10,14)(H3,11,12,13). The van der Waals surface area contributed by atoms with Gasteiger partial charge in [0, 0.05) is 18.0 Å². The highest BCUT2D eigenvalue weighted by molar-refractivity contribution is 5.81. The first-order valence-electron chi connectivity index (χ1n) is 4.63. The van der Waals surface area contributed by atoms with E-state index in [4.69, 9.17) is 11.5 Å². The van der Waals surface area contributed by atoms with Crippen LogP contribution in [0.3, 0.4) is 0 Å². The number of carbonyl (C=O) groups is 1. The van der Waals surface area contributed by atoms with Gasteiger partial charge in [0.05, 0.1) is 0 Å². The minimum absolute atomic E-state index is 0.131. The maximum absolute atomic E-state index is 10.7. The van der Waals surface area contributed by atoms with Gasteiger partial charge in [0.1, 0.15) is 0 Å². The van der Waals surface area contributed by atoms with Crippen LogP contribution in [0.4, 0.5) is 0 Å². The van der Waals surface area contributed by atoms with Crippen LogP contribution >= 0.6 is 0 Å². The molecule has 14 heavy (non-hydrogen) atoms. The van der Waals surface area contributed by atoms with Crippen molar-refractivity contribution in [1.29, 1.82) is 0 Å². The molecule has 0 aromatic heterocycles. The second kappa shape index (κ2) is 4.83. The van der Waals surface area contributed by atoms with Crippen LogP contribution in [0.2, 0.25) is 0 Å². The van der Waals surface area contributed by atoms with Gasteiger partial charge in [-0.2, -0.15) is 0 Å². The summed E-state index contributed by atoms with van der Waals surface area (Å²) in [6.45, 7) is 7.55. The molecule has 0 atom stereocenters. The van der Waals surface area contributed by atoms with Gasteiger partial charge in [0.25, 0.3) is 0 Å². The first-order chi connectivity index (χ1) is 6.23. The molecule has 0 aromatic rings. The average molecular weight is 200 g/mol. The molecular weight excluding hydrogens is 180 g/mol. The van der Waals surface area contributed by atoms with Crippen molar-refractivity contribution in [2.45, 2.75) is 45.7 Å². The normalized spacial score (nSPS) is 13.1. The van der Waals surface area contributed by atoms with Gasteiger partial charge in [0.2, 0.25) is 5.91 Å². The Morgan fingerprint density at radius 2 is 1.93 bits per heavy atom. The second-order valence-electron chi connectivity index (χ2n) is 4.26. The highest BCUT2D eigenvalue weighted by atomic mass is 16.1. The number of primary amides is 1. The molecule has 1 amide bonds. The number of carbonyl (C=O) groups excluding carboxylic acids is 1. The molecule has 0 aromatic carbocycles. The van der Waals surface area contributed by atoms with Crippen molar-refractivity contribution in [3.05, 3.63) is 0 Å². The van der Waals surface area contributed by atoms with E-state index in [1.165, 1.54) is 0 Å². The Balaban J connectivity index is 4.28. The molecule has 5 heteroatoms. The van der Waals surface area contributed by atoms with Crippen molar-refractivity contribution in [2.75, 3.05) is 0 Å². The van der Waals surface area contributed by atoms with E-state index in [0.717, 1.165) is 0 Å². The van der Waals surface area contributed by atoms with Crippen molar-refractivity contribution in [3.63, 3.8) is 0 Å². The van der Waals surface area contributed by atoms with E-state index < -0.39 is 5.54 Å². The maximum Gasteiger partial charge on any atom is 0.219 e. The molecule has 0 aliphatic heterocycles. The van der Waals surface area contributed by atoms with Crippen molar-refractivity contribution in [3.8, 4) is 0 Å². The Morgan fingerprint density at radius 1 is 1.43 bits per heavy atom. The minimum atomic E-state index is -0.450. The third-order valence-electron chi connectivity index (χ3n) is 1.48. The Kier molecular flexibility index (Phi) is 4.40. The van der Waals surface area contributed by atoms with Crippen LogP contribution in [0.5, 0.6) is 0 Å². The van der Waals surface area contributed by atoms with Gasteiger partial charge < -0.3 is 16.8 Å². The summed E-state index contributed by atoms with van der Waals surface area (Å²) in [5.41, 5.74) is 10.3. The van der Waals surface area contributed by atoms with E-state index >= 15 is 0 Å². The fourth-order valence-corrected chi connectivity index (χ4v) is 1.14. The number of aliphatic imine (C=N–C) groups is 1. The summed E-state index contributed by atoms with van der Waals surface area (Å²) in [5, 5.41) is 2.95. The molecule has 0 radical (unpaired) electrons. The highest BCUT2D eigenvalue weighted by Gasteiger charge is 2.20. The SMILES string of the molecule is CC(C)N=C(N)NC(C)(C)CC(N)=O. The predicted molar refractivity (Wildman–Crippen MR) is 57.8 cm³/mol. The minimum Gasteiger partial charge on any atom is -0.370 e. The van der Waals surface area contributed by atoms with E-state index in [1.807, 2.05) is 27.7 Å². The number of amides is 1. The molecular formula is C9H20N4O. The zero-order chi connectivity index (χ0) is 11.4. The Bertz CT molecular complexity index is 233. The number of hydrogen-bond acceptors (Lipinski definition) is 2. The highest BCUT2D eigenvalue weighted by Crippen LogP contribution is 2.06. The fraction of sp³-hybridized carbons (Fsp3) is 0.778. The number of nitrogens with two attached hydrogens (primary N) is 2. The van der Waals surface area contributed by atoms with Gasteiger partial charge in [0.15, 0.2) is 5.96 Å². The van der Waals surface area contributed by atoms with E-state index in [2.05, 4.69) is 10.3 Å². The van der Waals surface area contributed by atoms with Crippen molar-refractivity contribution in [2.24, 2.45) is 16.5 Å². The molecule has 0 spiro atoms. The van der Waals surface area contributed by atoms with E-state index in [-0.39, 0.29) is 18.4 Å². The molecule has 0 aliphatic carbocycles. The van der Waals surface area contributed by atoms with Crippen LogP contribution in [0.15, 0.2) is 4.99 Å². The number of rotatable bonds is 4. The third kappa shape index (κ3) is 6.28. The molecule has 0 bridgehead atoms. The van der Waals surface area contributed by atoms with Gasteiger partial charge in [-0.05, 0) is 27.7 Å². The molecule has 0 saturated carbocycles. The van der Waals surface area contributed by atoms with Gasteiger partial charge in [-0.25, -0.2) is 0 Å². The lowest BCUT2D eigenvalue weighted by Crippen LogP contribution is -2.49. The van der Waals surface area contributed by atoms with E-state index in [0.29, 0.717) is 5.96 Å². The summed E-state index contributed by atoms with van der Waals surface area (Å²) in [5.74, 6) is -0.0221.